The first-order chi connectivity index (χ1) is 16.7. The smallest absolute Gasteiger partial charge is 0.353 e. The molecule has 10 nitrogen and oxygen atoms in total. The number of amides is 1. The molecule has 182 valence electrons. The van der Waals surface area contributed by atoms with Crippen molar-refractivity contribution in [2.24, 2.45) is 28.8 Å². The van der Waals surface area contributed by atoms with Gasteiger partial charge >= 0.3 is 5.97 Å². The van der Waals surface area contributed by atoms with Crippen LogP contribution in [0.4, 0.5) is 0 Å². The summed E-state index contributed by atoms with van der Waals surface area (Å²) in [5, 5.41) is 28.1. The molecule has 2 fully saturated rings. The first kappa shape index (κ1) is 18.2. The Kier molecular flexibility index (Phi) is 4.68. The Morgan fingerprint density at radius 1 is 1.56 bits per heavy atom. The third kappa shape index (κ3) is 4.09. The molecule has 3 aliphatic rings. The van der Waals surface area contributed by atoms with Crippen LogP contribution in [-0.4, -0.2) is 70.8 Å². The van der Waals surface area contributed by atoms with Gasteiger partial charge in [-0.15, -0.1) is 11.8 Å². The summed E-state index contributed by atoms with van der Waals surface area (Å²) in [5.41, 5.74) is -1.91. The topological polar surface area (TPSA) is 162 Å². The Morgan fingerprint density at radius 2 is 2.16 bits per heavy atom. The van der Waals surface area contributed by atoms with E-state index >= 15 is 0 Å². The number of hydrogen-bond acceptors (Lipinski definition) is 7. The van der Waals surface area contributed by atoms with Crippen molar-refractivity contribution < 1.29 is 36.4 Å². The molecule has 32 heavy (non-hydrogen) atoms. The van der Waals surface area contributed by atoms with Crippen molar-refractivity contribution in [3.8, 4) is 0 Å². The summed E-state index contributed by atoms with van der Waals surface area (Å²) >= 11 is 0.586. The SMILES string of the molecule is [2H]C([2H])(NS(N)(=O)=O)[C@@]1([2H])NC([2H])([2H])[C@@](C)(SC2=C(C(=O)O)N3C(=O)[C@H]([C@](C)(O)C(C)C)[C@H]3[C@H]2C)C1([2H])C. The maximum absolute atomic E-state index is 13.1. The van der Waals surface area contributed by atoms with Crippen LogP contribution in [0.25, 0.3) is 0 Å². The van der Waals surface area contributed by atoms with Gasteiger partial charge in [0, 0.05) is 42.8 Å². The van der Waals surface area contributed by atoms with E-state index in [4.69, 9.17) is 13.4 Å². The van der Waals surface area contributed by atoms with Gasteiger partial charge < -0.3 is 20.4 Å². The zero-order chi connectivity index (χ0) is 29.8. The number of rotatable bonds is 8. The van der Waals surface area contributed by atoms with Crippen molar-refractivity contribution in [2.45, 2.75) is 64.0 Å². The zero-order valence-electron chi connectivity index (χ0n) is 24.7. The van der Waals surface area contributed by atoms with Gasteiger partial charge in [-0.1, -0.05) is 27.7 Å². The van der Waals surface area contributed by atoms with E-state index in [0.717, 1.165) is 11.8 Å². The summed E-state index contributed by atoms with van der Waals surface area (Å²) in [6.45, 7) is 2.78. The molecule has 0 radical (unpaired) electrons. The second-order valence-corrected chi connectivity index (χ2v) is 11.8. The van der Waals surface area contributed by atoms with Crippen LogP contribution in [-0.2, 0) is 19.8 Å². The predicted octanol–water partition coefficient (Wildman–Crippen LogP) is 0.0592. The lowest BCUT2D eigenvalue weighted by molar-refractivity contribution is -0.179. The van der Waals surface area contributed by atoms with E-state index in [-0.39, 0.29) is 10.8 Å². The summed E-state index contributed by atoms with van der Waals surface area (Å²) in [7, 11) is -4.73. The molecule has 3 rings (SSSR count). The highest BCUT2D eigenvalue weighted by molar-refractivity contribution is 8.04. The van der Waals surface area contributed by atoms with E-state index in [1.54, 1.807) is 20.8 Å². The molecule has 1 amide bonds. The lowest BCUT2D eigenvalue weighted by atomic mass is 9.68. The zero-order valence-corrected chi connectivity index (χ0v) is 20.3. The fraction of sp³-hybridized carbons (Fsp3) is 0.800. The first-order valence-electron chi connectivity index (χ1n) is 13.0. The summed E-state index contributed by atoms with van der Waals surface area (Å²) < 4.78 is 74.1. The standard InChI is InChI=1S/C20H34N4O6S2/c1-9(2)20(6,28)13-14-10(3)16(15(18(26)27)24(14)17(13)25)31-19(5)8-22-12(11(19)4)7-23-32(21,29)30/h9-14,22-23,28H,7-8H2,1-6H3,(H,26,27)(H2,21,29,30)/t10-,11?,12-,13-,14-,19-,20-/m1/s1/i7D2,8D2,11D,12D. The summed E-state index contributed by atoms with van der Waals surface area (Å²) in [6, 6.07) is -3.71. The van der Waals surface area contributed by atoms with Crippen molar-refractivity contribution in [2.75, 3.05) is 13.0 Å². The molecule has 3 aliphatic heterocycles. The number of thioether (sulfide) groups is 1. The van der Waals surface area contributed by atoms with Gasteiger partial charge in [-0.2, -0.15) is 8.42 Å². The highest BCUT2D eigenvalue weighted by atomic mass is 32.2. The molecular weight excluding hydrogens is 456 g/mol. The number of hydrogen-bond donors (Lipinski definition) is 5. The first-order valence-corrected chi connectivity index (χ1v) is 12.4. The molecule has 0 aliphatic carbocycles. The van der Waals surface area contributed by atoms with Crippen molar-refractivity contribution in [1.29, 1.82) is 0 Å². The molecule has 0 spiro atoms. The monoisotopic (exact) mass is 496 g/mol. The van der Waals surface area contributed by atoms with Gasteiger partial charge in [0.1, 0.15) is 5.70 Å². The molecule has 3 heterocycles. The van der Waals surface area contributed by atoms with Crippen molar-refractivity contribution >= 4 is 33.8 Å². The van der Waals surface area contributed by atoms with E-state index in [0.29, 0.717) is 11.8 Å². The Balaban J connectivity index is 2.13. The number of carboxylic acids is 1. The van der Waals surface area contributed by atoms with Gasteiger partial charge in [-0.3, -0.25) is 4.79 Å². The molecule has 0 aromatic carbocycles. The van der Waals surface area contributed by atoms with E-state index in [2.05, 4.69) is 5.32 Å². The van der Waals surface area contributed by atoms with Crippen LogP contribution in [0.15, 0.2) is 10.6 Å². The fourth-order valence-corrected chi connectivity index (χ4v) is 5.90. The molecule has 0 saturated carbocycles. The lowest BCUT2D eigenvalue weighted by Crippen LogP contribution is -2.68. The van der Waals surface area contributed by atoms with Gasteiger partial charge in [-0.25, -0.2) is 14.7 Å². The van der Waals surface area contributed by atoms with Crippen LogP contribution < -0.4 is 15.2 Å². The number of fused-ring (bicyclic) bond motifs is 1. The number of carbonyl (C=O) groups is 2. The molecule has 6 N–H and O–H groups in total. The van der Waals surface area contributed by atoms with E-state index in [1.165, 1.54) is 18.6 Å². The van der Waals surface area contributed by atoms with Gasteiger partial charge in [0.2, 0.25) is 5.91 Å². The third-order valence-corrected chi connectivity index (χ3v) is 8.68. The second-order valence-electron chi connectivity index (χ2n) is 9.02. The summed E-state index contributed by atoms with van der Waals surface area (Å²) in [5.74, 6) is -6.58. The van der Waals surface area contributed by atoms with Crippen molar-refractivity contribution in [3.63, 3.8) is 0 Å². The Labute approximate surface area is 202 Å². The van der Waals surface area contributed by atoms with E-state index < -0.39 is 80.9 Å². The fourth-order valence-electron chi connectivity index (χ4n) is 4.25. The molecule has 0 aromatic heterocycles. The van der Waals surface area contributed by atoms with Crippen LogP contribution in [0.3, 0.4) is 0 Å². The maximum Gasteiger partial charge on any atom is 0.353 e. The Morgan fingerprint density at radius 3 is 2.66 bits per heavy atom. The molecule has 12 heteroatoms. The number of aliphatic carboxylic acids is 1. The number of aliphatic hydroxyl groups is 1. The quantitative estimate of drug-likeness (QED) is 0.295. The van der Waals surface area contributed by atoms with Crippen LogP contribution in [0, 0.1) is 23.6 Å². The average molecular weight is 497 g/mol. The molecule has 1 unspecified atom stereocenters. The molecule has 0 bridgehead atoms. The number of nitrogens with two attached hydrogens (primary N) is 1. The van der Waals surface area contributed by atoms with Crippen LogP contribution in [0.2, 0.25) is 0 Å². The normalized spacial score (nSPS) is 46.3. The molecule has 0 aromatic rings. The van der Waals surface area contributed by atoms with Crippen LogP contribution >= 0.6 is 11.8 Å². The Hall–Kier alpha value is -1.18. The Bertz CT molecular complexity index is 1210. The summed E-state index contributed by atoms with van der Waals surface area (Å²) in [6.07, 6.45) is 0. The van der Waals surface area contributed by atoms with Crippen LogP contribution in [0.1, 0.15) is 49.8 Å². The third-order valence-electron chi connectivity index (χ3n) is 6.69. The minimum absolute atomic E-state index is 0.0220. The van der Waals surface area contributed by atoms with E-state index in [1.807, 2.05) is 0 Å². The van der Waals surface area contributed by atoms with Crippen molar-refractivity contribution in [1.82, 2.24) is 14.9 Å². The number of nitrogens with zero attached hydrogens (tertiary/aromatic N) is 1. The summed E-state index contributed by atoms with van der Waals surface area (Å²) in [4.78, 5) is 26.5. The van der Waals surface area contributed by atoms with Gasteiger partial charge in [0.25, 0.3) is 10.2 Å². The van der Waals surface area contributed by atoms with Gasteiger partial charge in [0.15, 0.2) is 0 Å². The van der Waals surface area contributed by atoms with Gasteiger partial charge in [-0.05, 0) is 25.7 Å². The largest absolute Gasteiger partial charge is 0.477 e. The highest BCUT2D eigenvalue weighted by Gasteiger charge is 2.65. The highest BCUT2D eigenvalue weighted by Crippen LogP contribution is 2.56. The maximum atomic E-state index is 13.1. The van der Waals surface area contributed by atoms with Crippen molar-refractivity contribution in [3.05, 3.63) is 10.6 Å². The molecular formula is C20H34N4O6S2. The number of carbonyl (C=O) groups excluding carboxylic acids is 1. The van der Waals surface area contributed by atoms with Gasteiger partial charge in [0.05, 0.1) is 17.6 Å². The lowest BCUT2D eigenvalue weighted by Gasteiger charge is -2.52. The minimum atomic E-state index is -4.73. The number of nitrogens with one attached hydrogen (secondary N) is 2. The predicted molar refractivity (Wildman–Crippen MR) is 121 cm³/mol. The van der Waals surface area contributed by atoms with Crippen LogP contribution in [0.5, 0.6) is 0 Å². The average Bonchev–Trinajstić information content (AvgIpc) is 2.98. The second kappa shape index (κ2) is 8.24. The number of carboxylic acid groups (broad SMARTS) is 1. The molecule has 7 atom stereocenters. The number of β-lactam (4-membered cyclic amide) rings is 1. The minimum Gasteiger partial charge on any atom is -0.477 e. The van der Waals surface area contributed by atoms with E-state index in [9.17, 15) is 28.2 Å². The molecule has 2 saturated heterocycles.